The summed E-state index contributed by atoms with van der Waals surface area (Å²) in [6, 6.07) is 5.74. The van der Waals surface area contributed by atoms with Gasteiger partial charge in [-0.25, -0.2) is 4.68 Å². The Morgan fingerprint density at radius 1 is 1.30 bits per heavy atom. The maximum atomic E-state index is 12.3. The number of aryl methyl sites for hydroxylation is 1. The van der Waals surface area contributed by atoms with Crippen LogP contribution in [0.4, 0.5) is 0 Å². The van der Waals surface area contributed by atoms with Gasteiger partial charge in [0, 0.05) is 38.0 Å². The fourth-order valence-electron chi connectivity index (χ4n) is 2.36. The van der Waals surface area contributed by atoms with Gasteiger partial charge in [-0.05, 0) is 31.9 Å². The molecule has 23 heavy (non-hydrogen) atoms. The molecule has 0 fully saturated rings. The minimum absolute atomic E-state index is 0.123. The molecule has 0 radical (unpaired) electrons. The van der Waals surface area contributed by atoms with Crippen molar-refractivity contribution in [1.82, 2.24) is 15.1 Å². The van der Waals surface area contributed by atoms with Crippen molar-refractivity contribution in [1.29, 1.82) is 0 Å². The van der Waals surface area contributed by atoms with Crippen molar-refractivity contribution in [2.24, 2.45) is 0 Å². The van der Waals surface area contributed by atoms with Gasteiger partial charge < -0.3 is 10.1 Å². The van der Waals surface area contributed by atoms with Crippen molar-refractivity contribution in [3.63, 3.8) is 0 Å². The Morgan fingerprint density at radius 3 is 2.91 bits per heavy atom. The number of rotatable bonds is 8. The molecule has 124 valence electrons. The summed E-state index contributed by atoms with van der Waals surface area (Å²) in [6.45, 7) is 5.80. The molecule has 0 spiro atoms. The van der Waals surface area contributed by atoms with E-state index in [-0.39, 0.29) is 24.7 Å². The minimum Gasteiger partial charge on any atom is -0.382 e. The molecule has 1 amide bonds. The Kier molecular flexibility index (Phi) is 6.29. The summed E-state index contributed by atoms with van der Waals surface area (Å²) in [5, 5.41) is 7.90. The number of carbonyl (C=O) groups is 2. The van der Waals surface area contributed by atoms with Gasteiger partial charge in [-0.2, -0.15) is 5.10 Å². The lowest BCUT2D eigenvalue weighted by atomic mass is 10.1. The largest absolute Gasteiger partial charge is 0.382 e. The van der Waals surface area contributed by atoms with Crippen LogP contribution in [0.1, 0.15) is 36.5 Å². The predicted molar refractivity (Wildman–Crippen MR) is 88.5 cm³/mol. The highest BCUT2D eigenvalue weighted by atomic mass is 16.5. The van der Waals surface area contributed by atoms with E-state index in [0.717, 1.165) is 22.9 Å². The van der Waals surface area contributed by atoms with E-state index in [1.165, 1.54) is 4.68 Å². The van der Waals surface area contributed by atoms with E-state index in [2.05, 4.69) is 10.4 Å². The highest BCUT2D eigenvalue weighted by Crippen LogP contribution is 2.17. The number of amides is 1. The Morgan fingerprint density at radius 2 is 2.13 bits per heavy atom. The van der Waals surface area contributed by atoms with Crippen LogP contribution in [-0.4, -0.2) is 41.4 Å². The molecule has 0 atom stereocenters. The average Bonchev–Trinajstić information content (AvgIpc) is 2.98. The SMILES string of the molecule is CCOCCCNC(=O)CCC(=O)n1ncc2c(C)cccc21. The van der Waals surface area contributed by atoms with Crippen molar-refractivity contribution < 1.29 is 14.3 Å². The normalized spacial score (nSPS) is 10.9. The van der Waals surface area contributed by atoms with Gasteiger partial charge in [-0.15, -0.1) is 0 Å². The lowest BCUT2D eigenvalue weighted by Gasteiger charge is -2.06. The molecule has 6 nitrogen and oxygen atoms in total. The van der Waals surface area contributed by atoms with Crippen molar-refractivity contribution in [2.45, 2.75) is 33.1 Å². The van der Waals surface area contributed by atoms with E-state index in [1.807, 2.05) is 32.0 Å². The predicted octanol–water partition coefficient (Wildman–Crippen LogP) is 2.31. The van der Waals surface area contributed by atoms with Crippen LogP contribution in [0.2, 0.25) is 0 Å². The van der Waals surface area contributed by atoms with Gasteiger partial charge in [0.2, 0.25) is 11.8 Å². The third-order valence-electron chi connectivity index (χ3n) is 3.63. The quantitative estimate of drug-likeness (QED) is 0.758. The summed E-state index contributed by atoms with van der Waals surface area (Å²) in [6.07, 6.45) is 2.77. The maximum absolute atomic E-state index is 12.3. The first-order valence-electron chi connectivity index (χ1n) is 7.94. The first-order valence-corrected chi connectivity index (χ1v) is 7.94. The molecule has 2 rings (SSSR count). The van der Waals surface area contributed by atoms with Crippen LogP contribution in [-0.2, 0) is 9.53 Å². The molecule has 1 N–H and O–H groups in total. The van der Waals surface area contributed by atoms with E-state index >= 15 is 0 Å². The van der Waals surface area contributed by atoms with Gasteiger partial charge in [0.1, 0.15) is 0 Å². The van der Waals surface area contributed by atoms with Gasteiger partial charge in [-0.1, -0.05) is 12.1 Å². The number of ether oxygens (including phenoxy) is 1. The van der Waals surface area contributed by atoms with Gasteiger partial charge >= 0.3 is 0 Å². The number of hydrogen-bond donors (Lipinski definition) is 1. The Labute approximate surface area is 135 Å². The average molecular weight is 317 g/mol. The first kappa shape index (κ1) is 17.1. The Balaban J connectivity index is 1.82. The summed E-state index contributed by atoms with van der Waals surface area (Å²) in [4.78, 5) is 24.0. The van der Waals surface area contributed by atoms with Crippen LogP contribution in [0.3, 0.4) is 0 Å². The number of carbonyl (C=O) groups excluding carboxylic acids is 2. The summed E-state index contributed by atoms with van der Waals surface area (Å²) in [5.74, 6) is -0.294. The molecular weight excluding hydrogens is 294 g/mol. The van der Waals surface area contributed by atoms with E-state index in [9.17, 15) is 9.59 Å². The van der Waals surface area contributed by atoms with Crippen LogP contribution < -0.4 is 5.32 Å². The zero-order valence-corrected chi connectivity index (χ0v) is 13.7. The van der Waals surface area contributed by atoms with Crippen LogP contribution in [0.25, 0.3) is 10.9 Å². The Bertz CT molecular complexity index is 679. The number of hydrogen-bond acceptors (Lipinski definition) is 4. The molecule has 1 aromatic carbocycles. The van der Waals surface area contributed by atoms with Gasteiger partial charge in [0.05, 0.1) is 11.7 Å². The van der Waals surface area contributed by atoms with Crippen LogP contribution in [0, 0.1) is 6.92 Å². The lowest BCUT2D eigenvalue weighted by molar-refractivity contribution is -0.121. The molecule has 0 saturated heterocycles. The number of benzene rings is 1. The molecule has 0 aliphatic carbocycles. The molecule has 0 aliphatic heterocycles. The van der Waals surface area contributed by atoms with E-state index in [1.54, 1.807) is 6.20 Å². The number of nitrogens with zero attached hydrogens (tertiary/aromatic N) is 2. The second-order valence-corrected chi connectivity index (χ2v) is 5.36. The zero-order valence-electron chi connectivity index (χ0n) is 13.7. The molecule has 1 heterocycles. The number of aromatic nitrogens is 2. The molecule has 6 heteroatoms. The number of nitrogens with one attached hydrogen (secondary N) is 1. The van der Waals surface area contributed by atoms with Gasteiger partial charge in [0.25, 0.3) is 0 Å². The standard InChI is InChI=1S/C17H23N3O3/c1-3-23-11-5-10-18-16(21)8-9-17(22)20-15-7-4-6-13(2)14(15)12-19-20/h4,6-7,12H,3,5,8-11H2,1-2H3,(H,18,21). The third-order valence-corrected chi connectivity index (χ3v) is 3.63. The molecule has 0 bridgehead atoms. The van der Waals surface area contributed by atoms with E-state index in [0.29, 0.717) is 19.8 Å². The monoisotopic (exact) mass is 317 g/mol. The fraction of sp³-hybridized carbons (Fsp3) is 0.471. The molecule has 1 aromatic heterocycles. The summed E-state index contributed by atoms with van der Waals surface area (Å²) < 4.78 is 6.58. The number of fused-ring (bicyclic) bond motifs is 1. The van der Waals surface area contributed by atoms with Gasteiger partial charge in [-0.3, -0.25) is 9.59 Å². The molecule has 0 saturated carbocycles. The van der Waals surface area contributed by atoms with Crippen LogP contribution in [0.5, 0.6) is 0 Å². The fourth-order valence-corrected chi connectivity index (χ4v) is 2.36. The summed E-state index contributed by atoms with van der Waals surface area (Å²) in [7, 11) is 0. The van der Waals surface area contributed by atoms with Crippen molar-refractivity contribution in [2.75, 3.05) is 19.8 Å². The van der Waals surface area contributed by atoms with E-state index in [4.69, 9.17) is 4.74 Å². The topological polar surface area (TPSA) is 73.2 Å². The second kappa shape index (κ2) is 8.43. The smallest absolute Gasteiger partial charge is 0.247 e. The zero-order chi connectivity index (χ0) is 16.7. The molecule has 0 unspecified atom stereocenters. The Hall–Kier alpha value is -2.21. The molecule has 2 aromatic rings. The minimum atomic E-state index is -0.171. The van der Waals surface area contributed by atoms with Crippen molar-refractivity contribution in [3.8, 4) is 0 Å². The lowest BCUT2D eigenvalue weighted by Crippen LogP contribution is -2.26. The third kappa shape index (κ3) is 4.63. The second-order valence-electron chi connectivity index (χ2n) is 5.36. The highest BCUT2D eigenvalue weighted by molar-refractivity contribution is 5.93. The van der Waals surface area contributed by atoms with Crippen molar-refractivity contribution >= 4 is 22.7 Å². The van der Waals surface area contributed by atoms with Crippen LogP contribution >= 0.6 is 0 Å². The summed E-state index contributed by atoms with van der Waals surface area (Å²) in [5.41, 5.74) is 1.86. The highest BCUT2D eigenvalue weighted by Gasteiger charge is 2.13. The molecule has 0 aliphatic rings. The van der Waals surface area contributed by atoms with Crippen molar-refractivity contribution in [3.05, 3.63) is 30.0 Å². The summed E-state index contributed by atoms with van der Waals surface area (Å²) >= 11 is 0. The first-order chi connectivity index (χ1) is 11.1. The van der Waals surface area contributed by atoms with Crippen LogP contribution in [0.15, 0.2) is 24.4 Å². The molecular formula is C17H23N3O3. The maximum Gasteiger partial charge on any atom is 0.247 e. The van der Waals surface area contributed by atoms with Gasteiger partial charge in [0.15, 0.2) is 0 Å². The van der Waals surface area contributed by atoms with E-state index < -0.39 is 0 Å².